The average molecular weight is 1020 g/mol. The molecule has 5 nitrogen and oxygen atoms in total. The third-order valence-electron chi connectivity index (χ3n) is 12.9. The predicted octanol–water partition coefficient (Wildman–Crippen LogP) is 14.7. The maximum Gasteiger partial charge on any atom is 0.135 e. The maximum atomic E-state index is 7.06. The number of pyridine rings is 1. The van der Waals surface area contributed by atoms with Gasteiger partial charge in [-0.25, -0.2) is 4.98 Å². The number of aromatic nitrogens is 2. The van der Waals surface area contributed by atoms with E-state index in [9.17, 15) is 0 Å². The molecule has 328 valence electrons. The quantitative estimate of drug-likeness (QED) is 0.135. The number of rotatable bonds is 9. The predicted molar refractivity (Wildman–Crippen MR) is 262 cm³/mol. The summed E-state index contributed by atoms with van der Waals surface area (Å²) in [6, 6.07) is 57.2. The molecule has 0 spiro atoms. The van der Waals surface area contributed by atoms with Crippen molar-refractivity contribution in [2.24, 2.45) is 0 Å². The SMILES string of the molecule is CC(C)(C)c1cc(Oc2[c-]c3c(c(C(C)(C)c4ccccc4)c2)c2ccccc2n3-c2cc(C(C)(C)c3ccccc3)ccn2)[c-]c(N2C=CN(c3cccc(C(C)(C)C)c3)[CH-]2)c1.[Pt]. The Morgan fingerprint density at radius 3 is 1.83 bits per heavy atom. The van der Waals surface area contributed by atoms with Gasteiger partial charge in [0, 0.05) is 55.4 Å². The Morgan fingerprint density at radius 1 is 0.531 bits per heavy atom. The number of hydrogen-bond acceptors (Lipinski definition) is 4. The summed E-state index contributed by atoms with van der Waals surface area (Å²) in [5.41, 5.74) is 10.4. The van der Waals surface area contributed by atoms with Crippen molar-refractivity contribution in [2.45, 2.75) is 90.9 Å². The molecule has 0 N–H and O–H groups in total. The molecule has 3 heterocycles. The molecule has 1 aliphatic rings. The Morgan fingerprint density at radius 2 is 1.14 bits per heavy atom. The van der Waals surface area contributed by atoms with E-state index in [0.29, 0.717) is 11.5 Å². The number of anilines is 2. The second-order valence-electron chi connectivity index (χ2n) is 20.0. The van der Waals surface area contributed by atoms with Crippen LogP contribution in [-0.2, 0) is 42.7 Å². The van der Waals surface area contributed by atoms with Gasteiger partial charge in [-0.05, 0) is 86.6 Å². The molecule has 0 radical (unpaired) electrons. The normalized spacial score (nSPS) is 13.5. The summed E-state index contributed by atoms with van der Waals surface area (Å²) in [4.78, 5) is 9.35. The van der Waals surface area contributed by atoms with Crippen LogP contribution < -0.4 is 14.5 Å². The number of benzene rings is 6. The first-order valence-corrected chi connectivity index (χ1v) is 22.0. The molecule has 1 aliphatic heterocycles. The van der Waals surface area contributed by atoms with Crippen LogP contribution in [0.25, 0.3) is 27.6 Å². The smallest absolute Gasteiger partial charge is 0.135 e. The first kappa shape index (κ1) is 44.7. The van der Waals surface area contributed by atoms with Gasteiger partial charge in [0.15, 0.2) is 0 Å². The van der Waals surface area contributed by atoms with Gasteiger partial charge in [-0.15, -0.1) is 53.8 Å². The zero-order chi connectivity index (χ0) is 44.3. The van der Waals surface area contributed by atoms with Crippen molar-refractivity contribution < 1.29 is 25.8 Å². The van der Waals surface area contributed by atoms with Crippen LogP contribution in [0.2, 0.25) is 0 Å². The Hall–Kier alpha value is -5.90. The zero-order valence-corrected chi connectivity index (χ0v) is 40.9. The third kappa shape index (κ3) is 8.43. The molecule has 0 amide bonds. The van der Waals surface area contributed by atoms with E-state index in [1.807, 2.05) is 6.20 Å². The second kappa shape index (κ2) is 16.9. The van der Waals surface area contributed by atoms with Crippen LogP contribution in [0.1, 0.15) is 103 Å². The van der Waals surface area contributed by atoms with Crippen LogP contribution in [0.4, 0.5) is 11.4 Å². The Bertz CT molecular complexity index is 2990. The van der Waals surface area contributed by atoms with Crippen molar-refractivity contribution in [1.29, 1.82) is 0 Å². The van der Waals surface area contributed by atoms with Crippen LogP contribution in [0.15, 0.2) is 158 Å². The molecule has 64 heavy (non-hydrogen) atoms. The molecular weight excluding hydrogens is 964 g/mol. The van der Waals surface area contributed by atoms with E-state index >= 15 is 0 Å². The van der Waals surface area contributed by atoms with Gasteiger partial charge >= 0.3 is 0 Å². The van der Waals surface area contributed by atoms with E-state index in [1.54, 1.807) is 0 Å². The van der Waals surface area contributed by atoms with Crippen molar-refractivity contribution in [3.8, 4) is 17.3 Å². The van der Waals surface area contributed by atoms with E-state index in [0.717, 1.165) is 50.1 Å². The maximum absolute atomic E-state index is 7.06. The fraction of sp³-hybridized carbons (Fsp3) is 0.241. The summed E-state index contributed by atoms with van der Waals surface area (Å²) in [6.07, 6.45) is 6.12. The van der Waals surface area contributed by atoms with Gasteiger partial charge in [-0.3, -0.25) is 0 Å². The van der Waals surface area contributed by atoms with Gasteiger partial charge in [0.2, 0.25) is 0 Å². The van der Waals surface area contributed by atoms with Gasteiger partial charge < -0.3 is 19.1 Å². The second-order valence-corrected chi connectivity index (χ2v) is 20.0. The fourth-order valence-corrected chi connectivity index (χ4v) is 8.79. The molecule has 8 aromatic rings. The van der Waals surface area contributed by atoms with Crippen LogP contribution >= 0.6 is 0 Å². The van der Waals surface area contributed by atoms with E-state index < -0.39 is 5.41 Å². The van der Waals surface area contributed by atoms with Gasteiger partial charge in [0.1, 0.15) is 5.82 Å². The summed E-state index contributed by atoms with van der Waals surface area (Å²) < 4.78 is 9.32. The standard InChI is InChI=1S/C58H57N4O.Pt/c1-55(2,3)42-24-19-25-45(32-42)60-30-31-61(39-60)46-33-44(56(4,5)6)34-47(36-46)63-48-37-50(58(9,10)41-22-15-12-16-23-41)54-49-26-17-18-27-51(49)62(52(54)38-48)53-35-43(28-29-59-53)57(7,8)40-20-13-11-14-21-40;/h11-35,37,39H,1-10H3;/q-3;. The van der Waals surface area contributed by atoms with E-state index in [2.05, 4.69) is 254 Å². The summed E-state index contributed by atoms with van der Waals surface area (Å²) >= 11 is 0. The van der Waals surface area contributed by atoms with Crippen molar-refractivity contribution in [3.05, 3.63) is 210 Å². The topological polar surface area (TPSA) is 33.5 Å². The summed E-state index contributed by atoms with van der Waals surface area (Å²) in [5.74, 6) is 2.07. The van der Waals surface area contributed by atoms with Gasteiger partial charge in [0.25, 0.3) is 0 Å². The number of hydrogen-bond donors (Lipinski definition) is 0. The van der Waals surface area contributed by atoms with Crippen LogP contribution in [0.5, 0.6) is 11.5 Å². The number of fused-ring (bicyclic) bond motifs is 3. The molecule has 0 saturated carbocycles. The molecule has 0 aliphatic carbocycles. The molecule has 0 saturated heterocycles. The molecule has 0 fully saturated rings. The summed E-state index contributed by atoms with van der Waals surface area (Å²) in [7, 11) is 0. The molecule has 2 aromatic heterocycles. The molecule has 0 unspecified atom stereocenters. The minimum Gasteiger partial charge on any atom is -0.509 e. The largest absolute Gasteiger partial charge is 0.509 e. The number of nitrogens with zero attached hydrogens (tertiary/aromatic N) is 4. The number of para-hydroxylation sites is 1. The first-order chi connectivity index (χ1) is 30.0. The minimum atomic E-state index is -0.405. The van der Waals surface area contributed by atoms with Crippen LogP contribution in [0.3, 0.4) is 0 Å². The van der Waals surface area contributed by atoms with Crippen molar-refractivity contribution in [1.82, 2.24) is 9.55 Å². The number of ether oxygens (including phenoxy) is 1. The average Bonchev–Trinajstić information content (AvgIpc) is 3.90. The van der Waals surface area contributed by atoms with Crippen molar-refractivity contribution in [2.75, 3.05) is 9.80 Å². The monoisotopic (exact) mass is 1020 g/mol. The van der Waals surface area contributed by atoms with E-state index in [1.165, 1.54) is 22.3 Å². The van der Waals surface area contributed by atoms with Gasteiger partial charge in [0.05, 0.1) is 0 Å². The van der Waals surface area contributed by atoms with Gasteiger partial charge in [-0.2, -0.15) is 0 Å². The fourth-order valence-electron chi connectivity index (χ4n) is 8.79. The minimum absolute atomic E-state index is 0. The van der Waals surface area contributed by atoms with Crippen LogP contribution in [-0.4, -0.2) is 9.55 Å². The zero-order valence-electron chi connectivity index (χ0n) is 38.6. The Labute approximate surface area is 394 Å². The van der Waals surface area contributed by atoms with Crippen molar-refractivity contribution >= 4 is 33.2 Å². The Balaban J connectivity index is 0.00000560. The van der Waals surface area contributed by atoms with E-state index in [4.69, 9.17) is 9.72 Å². The van der Waals surface area contributed by atoms with Crippen LogP contribution in [0, 0.1) is 18.8 Å². The molecule has 9 rings (SSSR count). The first-order valence-electron chi connectivity index (χ1n) is 22.0. The molecule has 6 heteroatoms. The molecular formula is C58H57N4OPt-3. The molecule has 0 atom stereocenters. The van der Waals surface area contributed by atoms with E-state index in [-0.39, 0.29) is 37.3 Å². The summed E-state index contributed by atoms with van der Waals surface area (Å²) in [5, 5.41) is 2.27. The van der Waals surface area contributed by atoms with Gasteiger partial charge in [-0.1, -0.05) is 171 Å². The van der Waals surface area contributed by atoms with Crippen molar-refractivity contribution in [3.63, 3.8) is 0 Å². The molecule has 6 aromatic carbocycles. The summed E-state index contributed by atoms with van der Waals surface area (Å²) in [6.45, 7) is 24.7. The third-order valence-corrected chi connectivity index (χ3v) is 12.9. The Kier molecular flexibility index (Phi) is 11.8. The molecule has 0 bridgehead atoms.